The van der Waals surface area contributed by atoms with Gasteiger partial charge >= 0.3 is 0 Å². The molecule has 0 heterocycles. The molecule has 1 saturated carbocycles. The average molecular weight is 226 g/mol. The van der Waals surface area contributed by atoms with Crippen molar-refractivity contribution in [2.75, 3.05) is 0 Å². The van der Waals surface area contributed by atoms with Crippen LogP contribution in [0.3, 0.4) is 0 Å². The Morgan fingerprint density at radius 2 is 1.65 bits per heavy atom. The smallest absolute Gasteiger partial charge is 0.156 e. The van der Waals surface area contributed by atoms with Gasteiger partial charge in [0.1, 0.15) is 0 Å². The number of carbonyl (C=O) groups is 1. The fourth-order valence-corrected chi connectivity index (χ4v) is 3.48. The molecule has 1 fully saturated rings. The van der Waals surface area contributed by atoms with Gasteiger partial charge in [-0.15, -0.1) is 0 Å². The van der Waals surface area contributed by atoms with Crippen molar-refractivity contribution in [1.29, 1.82) is 0 Å². The van der Waals surface area contributed by atoms with E-state index in [2.05, 4.69) is 24.3 Å². The van der Waals surface area contributed by atoms with Crippen LogP contribution in [-0.4, -0.2) is 5.78 Å². The third kappa shape index (κ3) is 1.84. The highest BCUT2D eigenvalue weighted by Gasteiger charge is 2.41. The second kappa shape index (κ2) is 4.14. The molecule has 0 aliphatic heterocycles. The van der Waals surface area contributed by atoms with E-state index < -0.39 is 0 Å². The SMILES string of the molecule is O=C1C=C(c2ccccc2)C2(CCCCC2)C1. The van der Waals surface area contributed by atoms with Gasteiger partial charge in [-0.2, -0.15) is 0 Å². The largest absolute Gasteiger partial charge is 0.295 e. The lowest BCUT2D eigenvalue weighted by atomic mass is 9.68. The van der Waals surface area contributed by atoms with Gasteiger partial charge in [-0.05, 0) is 30.1 Å². The van der Waals surface area contributed by atoms with Gasteiger partial charge in [-0.25, -0.2) is 0 Å². The Kier molecular flexibility index (Phi) is 2.62. The monoisotopic (exact) mass is 226 g/mol. The zero-order valence-electron chi connectivity index (χ0n) is 10.1. The minimum Gasteiger partial charge on any atom is -0.295 e. The highest BCUT2D eigenvalue weighted by atomic mass is 16.1. The second-order valence-electron chi connectivity index (χ2n) is 5.41. The summed E-state index contributed by atoms with van der Waals surface area (Å²) in [6.07, 6.45) is 8.92. The Morgan fingerprint density at radius 1 is 0.941 bits per heavy atom. The zero-order chi connectivity index (χ0) is 11.7. The van der Waals surface area contributed by atoms with Crippen LogP contribution in [0.5, 0.6) is 0 Å². The van der Waals surface area contributed by atoms with Crippen molar-refractivity contribution in [3.05, 3.63) is 42.0 Å². The zero-order valence-corrected chi connectivity index (χ0v) is 10.1. The van der Waals surface area contributed by atoms with E-state index in [0.29, 0.717) is 5.78 Å². The van der Waals surface area contributed by atoms with E-state index in [1.54, 1.807) is 0 Å². The first-order valence-electron chi connectivity index (χ1n) is 6.61. The first kappa shape index (κ1) is 10.8. The van der Waals surface area contributed by atoms with Crippen LogP contribution in [0, 0.1) is 5.41 Å². The van der Waals surface area contributed by atoms with E-state index in [0.717, 1.165) is 6.42 Å². The van der Waals surface area contributed by atoms with Gasteiger partial charge in [0.2, 0.25) is 0 Å². The summed E-state index contributed by atoms with van der Waals surface area (Å²) >= 11 is 0. The molecule has 1 heteroatoms. The predicted molar refractivity (Wildman–Crippen MR) is 69.6 cm³/mol. The van der Waals surface area contributed by atoms with Crippen LogP contribution in [0.4, 0.5) is 0 Å². The van der Waals surface area contributed by atoms with Crippen molar-refractivity contribution in [3.8, 4) is 0 Å². The Balaban J connectivity index is 2.01. The topological polar surface area (TPSA) is 17.1 Å². The molecule has 0 unspecified atom stereocenters. The fourth-order valence-electron chi connectivity index (χ4n) is 3.48. The van der Waals surface area contributed by atoms with Crippen LogP contribution in [-0.2, 0) is 4.79 Å². The van der Waals surface area contributed by atoms with Crippen molar-refractivity contribution in [2.24, 2.45) is 5.41 Å². The van der Waals surface area contributed by atoms with Crippen molar-refractivity contribution < 1.29 is 4.79 Å². The molecule has 17 heavy (non-hydrogen) atoms. The molecule has 1 aromatic rings. The molecular formula is C16H18O. The molecule has 1 spiro atoms. The van der Waals surface area contributed by atoms with Crippen LogP contribution in [0.2, 0.25) is 0 Å². The van der Waals surface area contributed by atoms with Crippen LogP contribution in [0.25, 0.3) is 5.57 Å². The molecule has 0 radical (unpaired) electrons. The third-order valence-electron chi connectivity index (χ3n) is 4.28. The quantitative estimate of drug-likeness (QED) is 0.707. The highest BCUT2D eigenvalue weighted by molar-refractivity contribution is 6.04. The summed E-state index contributed by atoms with van der Waals surface area (Å²) in [5, 5.41) is 0. The molecule has 0 atom stereocenters. The number of hydrogen-bond donors (Lipinski definition) is 0. The fraction of sp³-hybridized carbons (Fsp3) is 0.438. The molecule has 1 nitrogen and oxygen atoms in total. The molecule has 0 aromatic heterocycles. The highest BCUT2D eigenvalue weighted by Crippen LogP contribution is 2.52. The molecule has 2 aliphatic rings. The Morgan fingerprint density at radius 3 is 2.35 bits per heavy atom. The lowest BCUT2D eigenvalue weighted by molar-refractivity contribution is -0.115. The first-order chi connectivity index (χ1) is 8.30. The van der Waals surface area contributed by atoms with Crippen LogP contribution in [0.1, 0.15) is 44.1 Å². The molecule has 0 bridgehead atoms. The first-order valence-corrected chi connectivity index (χ1v) is 6.61. The van der Waals surface area contributed by atoms with Gasteiger partial charge in [0.05, 0.1) is 0 Å². The van der Waals surface area contributed by atoms with Gasteiger partial charge in [0.15, 0.2) is 5.78 Å². The molecule has 0 amide bonds. The van der Waals surface area contributed by atoms with Gasteiger partial charge in [0, 0.05) is 11.8 Å². The normalized spacial score (nSPS) is 22.8. The Hall–Kier alpha value is -1.37. The summed E-state index contributed by atoms with van der Waals surface area (Å²) in [4.78, 5) is 11.8. The number of allylic oxidation sites excluding steroid dienone is 2. The summed E-state index contributed by atoms with van der Waals surface area (Å²) in [5.74, 6) is 0.325. The number of hydrogen-bond acceptors (Lipinski definition) is 1. The minimum atomic E-state index is 0.177. The molecule has 3 rings (SSSR count). The van der Waals surface area contributed by atoms with Crippen molar-refractivity contribution in [1.82, 2.24) is 0 Å². The van der Waals surface area contributed by atoms with E-state index in [-0.39, 0.29) is 5.41 Å². The molecular weight excluding hydrogens is 208 g/mol. The van der Waals surface area contributed by atoms with E-state index in [1.165, 1.54) is 43.2 Å². The minimum absolute atomic E-state index is 0.177. The van der Waals surface area contributed by atoms with Crippen LogP contribution < -0.4 is 0 Å². The van der Waals surface area contributed by atoms with Crippen molar-refractivity contribution >= 4 is 11.4 Å². The van der Waals surface area contributed by atoms with E-state index in [1.807, 2.05) is 12.1 Å². The standard InChI is InChI=1S/C16H18O/c17-14-11-15(13-7-3-1-4-8-13)16(12-14)9-5-2-6-10-16/h1,3-4,7-8,11H,2,5-6,9-10,12H2. The van der Waals surface area contributed by atoms with Crippen LogP contribution in [0.15, 0.2) is 36.4 Å². The molecule has 0 N–H and O–H groups in total. The molecule has 88 valence electrons. The maximum Gasteiger partial charge on any atom is 0.156 e. The Labute approximate surface area is 103 Å². The lowest BCUT2D eigenvalue weighted by Gasteiger charge is -2.35. The van der Waals surface area contributed by atoms with Gasteiger partial charge in [0.25, 0.3) is 0 Å². The Bertz CT molecular complexity index is 450. The summed E-state index contributed by atoms with van der Waals surface area (Å²) in [6.45, 7) is 0. The predicted octanol–water partition coefficient (Wildman–Crippen LogP) is 3.99. The number of benzene rings is 1. The van der Waals surface area contributed by atoms with E-state index >= 15 is 0 Å². The summed E-state index contributed by atoms with van der Waals surface area (Å²) in [6, 6.07) is 10.4. The van der Waals surface area contributed by atoms with Crippen molar-refractivity contribution in [2.45, 2.75) is 38.5 Å². The third-order valence-corrected chi connectivity index (χ3v) is 4.28. The van der Waals surface area contributed by atoms with Crippen molar-refractivity contribution in [3.63, 3.8) is 0 Å². The molecule has 0 saturated heterocycles. The molecule has 2 aliphatic carbocycles. The maximum absolute atomic E-state index is 11.8. The van der Waals surface area contributed by atoms with Gasteiger partial charge in [-0.1, -0.05) is 49.6 Å². The number of rotatable bonds is 1. The summed E-state index contributed by atoms with van der Waals surface area (Å²) in [7, 11) is 0. The number of ketones is 1. The average Bonchev–Trinajstić information content (AvgIpc) is 2.68. The lowest BCUT2D eigenvalue weighted by Crippen LogP contribution is -2.23. The van der Waals surface area contributed by atoms with E-state index in [4.69, 9.17) is 0 Å². The van der Waals surface area contributed by atoms with E-state index in [9.17, 15) is 4.79 Å². The summed E-state index contributed by atoms with van der Waals surface area (Å²) < 4.78 is 0. The van der Waals surface area contributed by atoms with Gasteiger partial charge in [-0.3, -0.25) is 4.79 Å². The molecule has 1 aromatic carbocycles. The van der Waals surface area contributed by atoms with Gasteiger partial charge < -0.3 is 0 Å². The summed E-state index contributed by atoms with van der Waals surface area (Å²) in [5.41, 5.74) is 2.74. The number of carbonyl (C=O) groups excluding carboxylic acids is 1. The second-order valence-corrected chi connectivity index (χ2v) is 5.41. The maximum atomic E-state index is 11.8. The van der Waals surface area contributed by atoms with Crippen LogP contribution >= 0.6 is 0 Å².